The van der Waals surface area contributed by atoms with Crippen molar-refractivity contribution in [3.05, 3.63) is 24.8 Å². The fourth-order valence-corrected chi connectivity index (χ4v) is 1.03. The van der Waals surface area contributed by atoms with Gasteiger partial charge < -0.3 is 4.57 Å². The number of halogens is 3. The number of imidazole rings is 1. The topological polar surface area (TPSA) is 17.8 Å². The van der Waals surface area contributed by atoms with Gasteiger partial charge in [0.25, 0.3) is 0 Å². The van der Waals surface area contributed by atoms with E-state index in [1.165, 1.54) is 12.8 Å². The van der Waals surface area contributed by atoms with E-state index < -0.39 is 6.68 Å². The Labute approximate surface area is 87.4 Å². The third-order valence-corrected chi connectivity index (χ3v) is 1.68. The summed E-state index contributed by atoms with van der Waals surface area (Å²) >= 11 is 0. The molecule has 0 aromatic carbocycles. The van der Waals surface area contributed by atoms with Gasteiger partial charge in [-0.3, -0.25) is 0 Å². The number of aryl methyl sites for hydroxylation is 1. The maximum Gasteiger partial charge on any atom is 0.379 e. The van der Waals surface area contributed by atoms with Crippen molar-refractivity contribution in [3.63, 3.8) is 0 Å². The monoisotopic (exact) mass is 220 g/mol. The van der Waals surface area contributed by atoms with Crippen LogP contribution in [0.5, 0.6) is 0 Å². The highest BCUT2D eigenvalue weighted by Gasteiger charge is 1.95. The van der Waals surface area contributed by atoms with Crippen molar-refractivity contribution < 1.29 is 13.2 Å². The van der Waals surface area contributed by atoms with Crippen LogP contribution < -0.4 is 0 Å². The molecule has 0 aliphatic carbocycles. The third-order valence-electron chi connectivity index (χ3n) is 1.68. The van der Waals surface area contributed by atoms with E-state index in [1.807, 2.05) is 12.4 Å². The predicted octanol–water partition coefficient (Wildman–Crippen LogP) is 3.50. The van der Waals surface area contributed by atoms with E-state index in [1.54, 1.807) is 6.08 Å². The van der Waals surface area contributed by atoms with Crippen molar-refractivity contribution in [1.29, 1.82) is 0 Å². The Morgan fingerprint density at radius 2 is 2.13 bits per heavy atom. The highest BCUT2D eigenvalue weighted by molar-refractivity contribution is 5.36. The van der Waals surface area contributed by atoms with Crippen LogP contribution in [-0.2, 0) is 6.54 Å². The first-order valence-corrected chi connectivity index (χ1v) is 4.67. The van der Waals surface area contributed by atoms with Gasteiger partial charge in [-0.15, -0.1) is 0 Å². The highest BCUT2D eigenvalue weighted by Crippen LogP contribution is 2.01. The van der Waals surface area contributed by atoms with Gasteiger partial charge in [-0.1, -0.05) is 19.9 Å². The first kappa shape index (κ1) is 13.7. The number of hydrogen-bond acceptors (Lipinski definition) is 1. The van der Waals surface area contributed by atoms with Crippen molar-refractivity contribution in [2.45, 2.75) is 33.0 Å². The van der Waals surface area contributed by atoms with Crippen molar-refractivity contribution in [2.24, 2.45) is 0 Å². The first-order chi connectivity index (χ1) is 7.11. The van der Waals surface area contributed by atoms with Crippen LogP contribution in [0.1, 0.15) is 25.6 Å². The molecule has 0 radical (unpaired) electrons. The van der Waals surface area contributed by atoms with Crippen LogP contribution in [0.3, 0.4) is 0 Å². The maximum atomic E-state index is 9.67. The van der Waals surface area contributed by atoms with Crippen LogP contribution >= 0.6 is 0 Å². The zero-order chi connectivity index (χ0) is 11.7. The molecular weight excluding hydrogens is 205 g/mol. The Balaban J connectivity index is 0.000000423. The molecule has 0 aliphatic heterocycles. The van der Waals surface area contributed by atoms with E-state index >= 15 is 0 Å². The number of alkyl halides is 3. The molecule has 15 heavy (non-hydrogen) atoms. The highest BCUT2D eigenvalue weighted by atomic mass is 19.4. The van der Waals surface area contributed by atoms with Gasteiger partial charge in [0.15, 0.2) is 0 Å². The zero-order valence-corrected chi connectivity index (χ0v) is 8.67. The van der Waals surface area contributed by atoms with E-state index in [4.69, 9.17) is 0 Å². The maximum absolute atomic E-state index is 9.67. The van der Waals surface area contributed by atoms with Gasteiger partial charge in [0.2, 0.25) is 0 Å². The molecule has 0 amide bonds. The molecule has 0 bridgehead atoms. The Morgan fingerprint density at radius 3 is 2.60 bits per heavy atom. The number of aromatic nitrogens is 2. The molecule has 86 valence electrons. The van der Waals surface area contributed by atoms with E-state index in [9.17, 15) is 13.2 Å². The average Bonchev–Trinajstić information content (AvgIpc) is 2.60. The standard InChI is InChI=1S/C9H14N2.CHF3/c1-3-5-7-11-8-6-10-9(11)4-2;2-1(3)4/h4,6,8H,2-3,5,7H2,1H3;1H. The van der Waals surface area contributed by atoms with Crippen LogP contribution in [0, 0.1) is 0 Å². The number of rotatable bonds is 4. The normalized spacial score (nSPS) is 9.67. The molecule has 1 aromatic rings. The van der Waals surface area contributed by atoms with Gasteiger partial charge in [0, 0.05) is 18.9 Å². The Kier molecular flexibility index (Phi) is 7.40. The van der Waals surface area contributed by atoms with Crippen LogP contribution in [0.15, 0.2) is 19.0 Å². The van der Waals surface area contributed by atoms with Crippen molar-refractivity contribution in [1.82, 2.24) is 9.55 Å². The predicted molar refractivity (Wildman–Crippen MR) is 54.3 cm³/mol. The van der Waals surface area contributed by atoms with Gasteiger partial charge in [-0.25, -0.2) is 4.98 Å². The Bertz CT molecular complexity index is 269. The summed E-state index contributed by atoms with van der Waals surface area (Å²) in [5, 5.41) is 0. The summed E-state index contributed by atoms with van der Waals surface area (Å²) < 4.78 is 31.1. The minimum Gasteiger partial charge on any atom is -0.332 e. The summed E-state index contributed by atoms with van der Waals surface area (Å²) in [6, 6.07) is 0. The van der Waals surface area contributed by atoms with Crippen LogP contribution in [0.4, 0.5) is 13.2 Å². The second-order valence-corrected chi connectivity index (χ2v) is 2.78. The largest absolute Gasteiger partial charge is 0.379 e. The lowest BCUT2D eigenvalue weighted by Gasteiger charge is -2.01. The Morgan fingerprint density at radius 1 is 1.53 bits per heavy atom. The summed E-state index contributed by atoms with van der Waals surface area (Å²) in [6.45, 7) is 3.26. The summed E-state index contributed by atoms with van der Waals surface area (Å²) in [6.07, 6.45) is 8.01. The summed E-state index contributed by atoms with van der Waals surface area (Å²) in [5.74, 6) is 0.971. The molecule has 0 unspecified atom stereocenters. The molecule has 0 saturated carbocycles. The molecule has 0 saturated heterocycles. The second-order valence-electron chi connectivity index (χ2n) is 2.78. The fraction of sp³-hybridized carbons (Fsp3) is 0.500. The van der Waals surface area contributed by atoms with Gasteiger partial charge >= 0.3 is 6.68 Å². The van der Waals surface area contributed by atoms with E-state index in [-0.39, 0.29) is 0 Å². The molecule has 5 heteroatoms. The first-order valence-electron chi connectivity index (χ1n) is 4.67. The average molecular weight is 220 g/mol. The van der Waals surface area contributed by atoms with Crippen LogP contribution in [0.25, 0.3) is 6.08 Å². The molecule has 0 atom stereocenters. The molecule has 1 aromatic heterocycles. The molecule has 0 N–H and O–H groups in total. The second kappa shape index (κ2) is 8.08. The van der Waals surface area contributed by atoms with E-state index in [0.717, 1.165) is 12.4 Å². The molecule has 2 nitrogen and oxygen atoms in total. The molecule has 1 heterocycles. The van der Waals surface area contributed by atoms with Crippen LogP contribution in [0.2, 0.25) is 0 Å². The van der Waals surface area contributed by atoms with Gasteiger partial charge in [0.1, 0.15) is 5.82 Å². The lowest BCUT2D eigenvalue weighted by atomic mass is 10.3. The fourth-order valence-electron chi connectivity index (χ4n) is 1.03. The SMILES string of the molecule is C=Cc1nccn1CCCC.FC(F)F. The molecule has 0 aliphatic rings. The quantitative estimate of drug-likeness (QED) is 0.759. The van der Waals surface area contributed by atoms with Gasteiger partial charge in [0.05, 0.1) is 0 Å². The lowest BCUT2D eigenvalue weighted by molar-refractivity contribution is 0.00819. The number of unbranched alkanes of at least 4 members (excludes halogenated alkanes) is 1. The third kappa shape index (κ3) is 6.76. The van der Waals surface area contributed by atoms with Crippen molar-refractivity contribution in [3.8, 4) is 0 Å². The van der Waals surface area contributed by atoms with Crippen molar-refractivity contribution in [2.75, 3.05) is 0 Å². The number of hydrogen-bond donors (Lipinski definition) is 0. The summed E-state index contributed by atoms with van der Waals surface area (Å²) in [4.78, 5) is 4.13. The summed E-state index contributed by atoms with van der Waals surface area (Å²) in [7, 11) is 0. The van der Waals surface area contributed by atoms with E-state index in [0.29, 0.717) is 0 Å². The summed E-state index contributed by atoms with van der Waals surface area (Å²) in [5.41, 5.74) is 0. The minimum atomic E-state index is -3.67. The molecular formula is C10H15F3N2. The molecule has 0 spiro atoms. The smallest absolute Gasteiger partial charge is 0.332 e. The van der Waals surface area contributed by atoms with Gasteiger partial charge in [-0.2, -0.15) is 13.2 Å². The molecule has 1 rings (SSSR count). The van der Waals surface area contributed by atoms with Gasteiger partial charge in [-0.05, 0) is 12.5 Å². The van der Waals surface area contributed by atoms with Crippen molar-refractivity contribution >= 4 is 6.08 Å². The van der Waals surface area contributed by atoms with E-state index in [2.05, 4.69) is 23.1 Å². The molecule has 0 fully saturated rings. The van der Waals surface area contributed by atoms with Crippen LogP contribution in [-0.4, -0.2) is 16.2 Å². The zero-order valence-electron chi connectivity index (χ0n) is 8.67. The Hall–Kier alpha value is -1.26. The minimum absolute atomic E-state index is 0.971. The number of nitrogens with zero attached hydrogens (tertiary/aromatic N) is 2. The lowest BCUT2D eigenvalue weighted by Crippen LogP contribution is -1.98.